The van der Waals surface area contributed by atoms with Gasteiger partial charge in [-0.1, -0.05) is 0 Å². The van der Waals surface area contributed by atoms with E-state index in [4.69, 9.17) is 4.74 Å². The number of alkyl halides is 3. The number of hydrogen-bond donors (Lipinski definition) is 1. The van der Waals surface area contributed by atoms with Crippen LogP contribution in [-0.2, 0) is 0 Å². The average molecular weight is 305 g/mol. The van der Waals surface area contributed by atoms with Crippen molar-refractivity contribution in [3.8, 4) is 11.5 Å². The van der Waals surface area contributed by atoms with E-state index in [0.29, 0.717) is 12.4 Å². The predicted molar refractivity (Wildman–Crippen MR) is 75.6 cm³/mol. The minimum Gasteiger partial charge on any atom is -0.494 e. The molecule has 120 valence electrons. The van der Waals surface area contributed by atoms with E-state index >= 15 is 0 Å². The van der Waals surface area contributed by atoms with Crippen molar-refractivity contribution in [3.05, 3.63) is 24.3 Å². The van der Waals surface area contributed by atoms with Crippen LogP contribution in [0.5, 0.6) is 11.5 Å². The van der Waals surface area contributed by atoms with Crippen LogP contribution < -0.4 is 14.8 Å². The van der Waals surface area contributed by atoms with Crippen molar-refractivity contribution in [1.82, 2.24) is 5.32 Å². The van der Waals surface area contributed by atoms with Crippen molar-refractivity contribution in [2.75, 3.05) is 13.2 Å². The summed E-state index contributed by atoms with van der Waals surface area (Å²) in [5.41, 5.74) is 0.106. The van der Waals surface area contributed by atoms with Crippen molar-refractivity contribution in [2.24, 2.45) is 0 Å². The van der Waals surface area contributed by atoms with Crippen LogP contribution in [0.15, 0.2) is 24.3 Å². The Morgan fingerprint density at radius 3 is 2.05 bits per heavy atom. The van der Waals surface area contributed by atoms with E-state index in [-0.39, 0.29) is 11.3 Å². The van der Waals surface area contributed by atoms with Gasteiger partial charge in [0.25, 0.3) is 0 Å². The van der Waals surface area contributed by atoms with Crippen LogP contribution >= 0.6 is 0 Å². The summed E-state index contributed by atoms with van der Waals surface area (Å²) < 4.78 is 45.2. The summed E-state index contributed by atoms with van der Waals surface area (Å²) in [4.78, 5) is 0. The molecule has 6 heteroatoms. The van der Waals surface area contributed by atoms with Crippen molar-refractivity contribution in [3.63, 3.8) is 0 Å². The Bertz CT molecular complexity index is 410. The highest BCUT2D eigenvalue weighted by Gasteiger charge is 2.30. The zero-order chi connectivity index (χ0) is 15.9. The Morgan fingerprint density at radius 2 is 1.52 bits per heavy atom. The molecule has 0 fully saturated rings. The van der Waals surface area contributed by atoms with Gasteiger partial charge in [-0.05, 0) is 64.4 Å². The monoisotopic (exact) mass is 305 g/mol. The SMILES string of the molecule is CC(C)(C)NCCCCOc1ccc(OC(F)(F)F)cc1. The van der Waals surface area contributed by atoms with Gasteiger partial charge in [0.2, 0.25) is 0 Å². The summed E-state index contributed by atoms with van der Waals surface area (Å²) in [5.74, 6) is 0.289. The van der Waals surface area contributed by atoms with Crippen molar-refractivity contribution < 1.29 is 22.6 Å². The number of ether oxygens (including phenoxy) is 2. The molecule has 1 rings (SSSR count). The summed E-state index contributed by atoms with van der Waals surface area (Å²) in [6.07, 6.45) is -2.81. The van der Waals surface area contributed by atoms with Gasteiger partial charge in [-0.15, -0.1) is 13.2 Å². The lowest BCUT2D eigenvalue weighted by Gasteiger charge is -2.20. The minimum absolute atomic E-state index is 0.106. The quantitative estimate of drug-likeness (QED) is 0.768. The molecule has 1 N–H and O–H groups in total. The molecule has 0 spiro atoms. The molecule has 0 unspecified atom stereocenters. The van der Waals surface area contributed by atoms with Gasteiger partial charge in [-0.2, -0.15) is 0 Å². The molecule has 0 aliphatic carbocycles. The topological polar surface area (TPSA) is 30.5 Å². The molecule has 1 aromatic rings. The summed E-state index contributed by atoms with van der Waals surface area (Å²) >= 11 is 0. The molecule has 21 heavy (non-hydrogen) atoms. The molecule has 0 saturated heterocycles. The van der Waals surface area contributed by atoms with Gasteiger partial charge in [0, 0.05) is 5.54 Å². The number of rotatable bonds is 7. The van der Waals surface area contributed by atoms with E-state index < -0.39 is 6.36 Å². The van der Waals surface area contributed by atoms with Gasteiger partial charge in [-0.3, -0.25) is 0 Å². The third kappa shape index (κ3) is 9.18. The van der Waals surface area contributed by atoms with E-state index in [1.165, 1.54) is 24.3 Å². The highest BCUT2D eigenvalue weighted by molar-refractivity contribution is 5.31. The predicted octanol–water partition coefficient (Wildman–Crippen LogP) is 4.13. The van der Waals surface area contributed by atoms with E-state index in [1.54, 1.807) is 0 Å². The van der Waals surface area contributed by atoms with Gasteiger partial charge < -0.3 is 14.8 Å². The van der Waals surface area contributed by atoms with Gasteiger partial charge in [0.1, 0.15) is 11.5 Å². The lowest BCUT2D eigenvalue weighted by Crippen LogP contribution is -2.36. The van der Waals surface area contributed by atoms with Gasteiger partial charge in [0.15, 0.2) is 0 Å². The minimum atomic E-state index is -4.66. The van der Waals surface area contributed by atoms with Gasteiger partial charge in [-0.25, -0.2) is 0 Å². The highest BCUT2D eigenvalue weighted by Crippen LogP contribution is 2.24. The third-order valence-corrected chi connectivity index (χ3v) is 2.55. The standard InChI is InChI=1S/C15H22F3NO2/c1-14(2,3)19-10-4-5-11-20-12-6-8-13(9-7-12)21-15(16,17)18/h6-9,19H,4-5,10-11H2,1-3H3. The highest BCUT2D eigenvalue weighted by atomic mass is 19.4. The number of unbranched alkanes of at least 4 members (excludes halogenated alkanes) is 1. The van der Waals surface area contributed by atoms with Crippen LogP contribution in [-0.4, -0.2) is 25.1 Å². The number of hydrogen-bond acceptors (Lipinski definition) is 3. The van der Waals surface area contributed by atoms with Crippen LogP contribution in [0.2, 0.25) is 0 Å². The maximum absolute atomic E-state index is 12.0. The zero-order valence-electron chi connectivity index (χ0n) is 12.6. The lowest BCUT2D eigenvalue weighted by atomic mass is 10.1. The van der Waals surface area contributed by atoms with E-state index in [9.17, 15) is 13.2 Å². The summed E-state index contributed by atoms with van der Waals surface area (Å²) in [6, 6.07) is 5.41. The molecule has 0 amide bonds. The number of benzene rings is 1. The Kier molecular flexibility index (Phi) is 6.33. The smallest absolute Gasteiger partial charge is 0.494 e. The van der Waals surface area contributed by atoms with E-state index in [2.05, 4.69) is 30.8 Å². The molecule has 1 aromatic carbocycles. The second kappa shape index (κ2) is 7.54. The van der Waals surface area contributed by atoms with E-state index in [1.807, 2.05) is 0 Å². The Labute approximate surface area is 123 Å². The fourth-order valence-electron chi connectivity index (χ4n) is 1.62. The molecular formula is C15H22F3NO2. The fraction of sp³-hybridized carbons (Fsp3) is 0.600. The van der Waals surface area contributed by atoms with Crippen LogP contribution in [0, 0.1) is 0 Å². The van der Waals surface area contributed by atoms with Crippen molar-refractivity contribution >= 4 is 0 Å². The van der Waals surface area contributed by atoms with E-state index in [0.717, 1.165) is 19.4 Å². The zero-order valence-corrected chi connectivity index (χ0v) is 12.6. The first-order valence-corrected chi connectivity index (χ1v) is 6.89. The molecular weight excluding hydrogens is 283 g/mol. The maximum Gasteiger partial charge on any atom is 0.573 e. The summed E-state index contributed by atoms with van der Waals surface area (Å²) in [7, 11) is 0. The third-order valence-electron chi connectivity index (χ3n) is 2.55. The van der Waals surface area contributed by atoms with Crippen molar-refractivity contribution in [2.45, 2.75) is 45.5 Å². The molecule has 0 bridgehead atoms. The first kappa shape index (κ1) is 17.6. The molecule has 0 heterocycles. The Morgan fingerprint density at radius 1 is 0.952 bits per heavy atom. The Balaban J connectivity index is 2.21. The average Bonchev–Trinajstić information content (AvgIpc) is 2.32. The molecule has 0 aliphatic heterocycles. The molecule has 0 saturated carbocycles. The second-order valence-electron chi connectivity index (χ2n) is 5.75. The lowest BCUT2D eigenvalue weighted by molar-refractivity contribution is -0.274. The largest absolute Gasteiger partial charge is 0.573 e. The molecule has 3 nitrogen and oxygen atoms in total. The first-order chi connectivity index (χ1) is 9.66. The van der Waals surface area contributed by atoms with Crippen LogP contribution in [0.3, 0.4) is 0 Å². The van der Waals surface area contributed by atoms with Crippen LogP contribution in [0.25, 0.3) is 0 Å². The number of halogens is 3. The molecule has 0 radical (unpaired) electrons. The van der Waals surface area contributed by atoms with Crippen molar-refractivity contribution in [1.29, 1.82) is 0 Å². The first-order valence-electron chi connectivity index (χ1n) is 6.89. The molecule has 0 atom stereocenters. The Hall–Kier alpha value is -1.43. The maximum atomic E-state index is 12.0. The normalized spacial score (nSPS) is 12.3. The summed E-state index contributed by atoms with van der Waals surface area (Å²) in [5, 5.41) is 3.37. The molecule has 0 aromatic heterocycles. The summed E-state index contributed by atoms with van der Waals surface area (Å²) in [6.45, 7) is 7.76. The van der Waals surface area contributed by atoms with Gasteiger partial charge >= 0.3 is 6.36 Å². The van der Waals surface area contributed by atoms with Crippen LogP contribution in [0.4, 0.5) is 13.2 Å². The van der Waals surface area contributed by atoms with Gasteiger partial charge in [0.05, 0.1) is 6.61 Å². The van der Waals surface area contributed by atoms with Crippen LogP contribution in [0.1, 0.15) is 33.6 Å². The number of nitrogens with one attached hydrogen (secondary N) is 1. The second-order valence-corrected chi connectivity index (χ2v) is 5.75. The fourth-order valence-corrected chi connectivity index (χ4v) is 1.62. The molecule has 0 aliphatic rings.